The molecule has 0 unspecified atom stereocenters. The first-order valence-corrected chi connectivity index (χ1v) is 5.76. The Labute approximate surface area is 102 Å². The lowest BCUT2D eigenvalue weighted by molar-refractivity contribution is 0.215. The molecule has 88 valence electrons. The second-order valence-corrected chi connectivity index (χ2v) is 4.67. The van der Waals surface area contributed by atoms with Gasteiger partial charge in [0.15, 0.2) is 0 Å². The predicted molar refractivity (Wildman–Crippen MR) is 65.1 cm³/mol. The molecular weight excluding hydrogens is 241 g/mol. The first-order chi connectivity index (χ1) is 8.13. The molecule has 2 aromatic rings. The Hall–Kier alpha value is -1.88. The summed E-state index contributed by atoms with van der Waals surface area (Å²) >= 11 is 1.44. The number of halogens is 1. The number of hydrogen-bond acceptors (Lipinski definition) is 3. The molecular formula is C12H10FNO2S. The Kier molecular flexibility index (Phi) is 3.39. The molecule has 17 heavy (non-hydrogen) atoms. The SMILES string of the molecule is Cc1ccc(NC(=O)Oc2cccc(F)c2)s1. The maximum atomic E-state index is 12.8. The third kappa shape index (κ3) is 3.29. The number of rotatable bonds is 2. The van der Waals surface area contributed by atoms with Crippen LogP contribution in [-0.2, 0) is 0 Å². The summed E-state index contributed by atoms with van der Waals surface area (Å²) in [4.78, 5) is 12.5. The summed E-state index contributed by atoms with van der Waals surface area (Å²) < 4.78 is 17.8. The average Bonchev–Trinajstić information content (AvgIpc) is 2.63. The number of nitrogens with one attached hydrogen (secondary N) is 1. The van der Waals surface area contributed by atoms with E-state index in [1.54, 1.807) is 6.07 Å². The summed E-state index contributed by atoms with van der Waals surface area (Å²) in [6.07, 6.45) is -0.627. The van der Waals surface area contributed by atoms with Crippen LogP contribution in [0.3, 0.4) is 0 Å². The molecule has 0 spiro atoms. The molecule has 0 bridgehead atoms. The summed E-state index contributed by atoms with van der Waals surface area (Å²) in [5.74, 6) is -0.266. The number of ether oxygens (including phenoxy) is 1. The zero-order valence-corrected chi connectivity index (χ0v) is 9.88. The molecule has 1 heterocycles. The summed E-state index contributed by atoms with van der Waals surface area (Å²) in [5.41, 5.74) is 0. The second-order valence-electron chi connectivity index (χ2n) is 3.38. The minimum atomic E-state index is -0.627. The van der Waals surface area contributed by atoms with Gasteiger partial charge >= 0.3 is 6.09 Å². The van der Waals surface area contributed by atoms with Crippen molar-refractivity contribution in [2.75, 3.05) is 5.32 Å². The van der Waals surface area contributed by atoms with Crippen LogP contribution in [0.1, 0.15) is 4.88 Å². The topological polar surface area (TPSA) is 38.3 Å². The molecule has 1 amide bonds. The Morgan fingerprint density at radius 3 is 2.82 bits per heavy atom. The number of anilines is 1. The highest BCUT2D eigenvalue weighted by molar-refractivity contribution is 7.16. The van der Waals surface area contributed by atoms with Crippen LogP contribution >= 0.6 is 11.3 Å². The van der Waals surface area contributed by atoms with Gasteiger partial charge < -0.3 is 4.74 Å². The maximum absolute atomic E-state index is 12.8. The fourth-order valence-electron chi connectivity index (χ4n) is 1.27. The molecule has 5 heteroatoms. The first-order valence-electron chi connectivity index (χ1n) is 4.94. The lowest BCUT2D eigenvalue weighted by atomic mass is 10.3. The van der Waals surface area contributed by atoms with Gasteiger partial charge in [0.1, 0.15) is 11.6 Å². The summed E-state index contributed by atoms with van der Waals surface area (Å²) in [7, 11) is 0. The Morgan fingerprint density at radius 1 is 1.35 bits per heavy atom. The summed E-state index contributed by atoms with van der Waals surface area (Å²) in [6, 6.07) is 9.11. The van der Waals surface area contributed by atoms with Crippen molar-refractivity contribution >= 4 is 22.4 Å². The standard InChI is InChI=1S/C12H10FNO2S/c1-8-5-6-11(17-8)14-12(15)16-10-4-2-3-9(13)7-10/h2-7H,1H3,(H,14,15). The van der Waals surface area contributed by atoms with Crippen LogP contribution < -0.4 is 10.1 Å². The summed E-state index contributed by atoms with van der Waals surface area (Å²) in [5, 5.41) is 3.26. The average molecular weight is 251 g/mol. The molecule has 1 N–H and O–H groups in total. The van der Waals surface area contributed by atoms with E-state index < -0.39 is 11.9 Å². The van der Waals surface area contributed by atoms with E-state index in [0.29, 0.717) is 5.00 Å². The van der Waals surface area contributed by atoms with Crippen molar-refractivity contribution in [3.63, 3.8) is 0 Å². The molecule has 3 nitrogen and oxygen atoms in total. The molecule has 1 aromatic heterocycles. The minimum Gasteiger partial charge on any atom is -0.410 e. The molecule has 0 radical (unpaired) electrons. The second kappa shape index (κ2) is 4.97. The number of aryl methyl sites for hydroxylation is 1. The monoisotopic (exact) mass is 251 g/mol. The fourth-order valence-corrected chi connectivity index (χ4v) is 2.02. The molecule has 0 atom stereocenters. The van der Waals surface area contributed by atoms with E-state index in [2.05, 4.69) is 5.32 Å². The van der Waals surface area contributed by atoms with Gasteiger partial charge in [0, 0.05) is 10.9 Å². The van der Waals surface area contributed by atoms with Gasteiger partial charge in [-0.2, -0.15) is 0 Å². The van der Waals surface area contributed by atoms with Crippen molar-refractivity contribution in [2.24, 2.45) is 0 Å². The molecule has 0 fully saturated rings. The van der Waals surface area contributed by atoms with Crippen molar-refractivity contribution in [1.29, 1.82) is 0 Å². The van der Waals surface area contributed by atoms with Crippen molar-refractivity contribution in [3.05, 3.63) is 47.1 Å². The van der Waals surface area contributed by atoms with Crippen LogP contribution in [-0.4, -0.2) is 6.09 Å². The number of carbonyl (C=O) groups is 1. The zero-order valence-electron chi connectivity index (χ0n) is 9.07. The molecule has 0 aliphatic rings. The Balaban J connectivity index is 1.98. The van der Waals surface area contributed by atoms with Gasteiger partial charge in [-0.05, 0) is 31.2 Å². The third-order valence-electron chi connectivity index (χ3n) is 1.97. The van der Waals surface area contributed by atoms with E-state index in [1.807, 2.05) is 13.0 Å². The van der Waals surface area contributed by atoms with Crippen LogP contribution in [0.25, 0.3) is 0 Å². The number of hydrogen-bond donors (Lipinski definition) is 1. The maximum Gasteiger partial charge on any atom is 0.417 e. The molecule has 1 aromatic carbocycles. The van der Waals surface area contributed by atoms with Crippen molar-refractivity contribution in [2.45, 2.75) is 6.92 Å². The van der Waals surface area contributed by atoms with Gasteiger partial charge in [-0.15, -0.1) is 11.3 Å². The first kappa shape index (κ1) is 11.6. The highest BCUT2D eigenvalue weighted by atomic mass is 32.1. The normalized spacial score (nSPS) is 10.0. The zero-order chi connectivity index (χ0) is 12.3. The van der Waals surface area contributed by atoms with E-state index in [4.69, 9.17) is 4.74 Å². The molecule has 0 saturated heterocycles. The van der Waals surface area contributed by atoms with Crippen LogP contribution in [0.2, 0.25) is 0 Å². The minimum absolute atomic E-state index is 0.177. The van der Waals surface area contributed by atoms with E-state index >= 15 is 0 Å². The number of benzene rings is 1. The van der Waals surface area contributed by atoms with Crippen LogP contribution in [0, 0.1) is 12.7 Å². The van der Waals surface area contributed by atoms with Crippen LogP contribution in [0.4, 0.5) is 14.2 Å². The van der Waals surface area contributed by atoms with Crippen molar-refractivity contribution in [3.8, 4) is 5.75 Å². The van der Waals surface area contributed by atoms with E-state index in [1.165, 1.54) is 29.5 Å². The number of amides is 1. The van der Waals surface area contributed by atoms with Crippen LogP contribution in [0.5, 0.6) is 5.75 Å². The molecule has 2 rings (SSSR count). The highest BCUT2D eigenvalue weighted by Gasteiger charge is 2.06. The van der Waals surface area contributed by atoms with Gasteiger partial charge in [-0.1, -0.05) is 6.07 Å². The van der Waals surface area contributed by atoms with Gasteiger partial charge in [0.2, 0.25) is 0 Å². The largest absolute Gasteiger partial charge is 0.417 e. The van der Waals surface area contributed by atoms with E-state index in [0.717, 1.165) is 10.9 Å². The fraction of sp³-hybridized carbons (Fsp3) is 0.0833. The van der Waals surface area contributed by atoms with E-state index in [-0.39, 0.29) is 5.75 Å². The lowest BCUT2D eigenvalue weighted by Gasteiger charge is -2.04. The smallest absolute Gasteiger partial charge is 0.410 e. The Bertz CT molecular complexity index is 539. The van der Waals surface area contributed by atoms with Crippen LogP contribution in [0.15, 0.2) is 36.4 Å². The number of carbonyl (C=O) groups excluding carboxylic acids is 1. The van der Waals surface area contributed by atoms with Gasteiger partial charge in [0.05, 0.1) is 5.00 Å². The molecule has 0 aliphatic heterocycles. The van der Waals surface area contributed by atoms with E-state index in [9.17, 15) is 9.18 Å². The van der Waals surface area contributed by atoms with Crippen molar-refractivity contribution in [1.82, 2.24) is 0 Å². The Morgan fingerprint density at radius 2 is 2.18 bits per heavy atom. The van der Waals surface area contributed by atoms with Gasteiger partial charge in [-0.25, -0.2) is 9.18 Å². The lowest BCUT2D eigenvalue weighted by Crippen LogP contribution is -2.15. The van der Waals surface area contributed by atoms with Gasteiger partial charge in [-0.3, -0.25) is 5.32 Å². The highest BCUT2D eigenvalue weighted by Crippen LogP contribution is 2.21. The summed E-state index contributed by atoms with van der Waals surface area (Å²) in [6.45, 7) is 1.94. The third-order valence-corrected chi connectivity index (χ3v) is 2.89. The van der Waals surface area contributed by atoms with Gasteiger partial charge in [0.25, 0.3) is 0 Å². The predicted octanol–water partition coefficient (Wildman–Crippen LogP) is 3.81. The number of thiophene rings is 1. The quantitative estimate of drug-likeness (QED) is 0.881. The molecule has 0 aliphatic carbocycles. The molecule has 0 saturated carbocycles. The van der Waals surface area contributed by atoms with Crippen molar-refractivity contribution < 1.29 is 13.9 Å².